The van der Waals surface area contributed by atoms with E-state index in [1.165, 1.54) is 26.0 Å². The van der Waals surface area contributed by atoms with Gasteiger partial charge < -0.3 is 5.32 Å². The third kappa shape index (κ3) is 3.77. The number of rotatable bonds is 5. The van der Waals surface area contributed by atoms with Gasteiger partial charge in [-0.25, -0.2) is 13.4 Å². The van der Waals surface area contributed by atoms with Crippen LogP contribution in [0.3, 0.4) is 0 Å². The molecule has 0 radical (unpaired) electrons. The fraction of sp³-hybridized carbons (Fsp3) is 0.500. The molecular weight excluding hydrogens is 294 g/mol. The van der Waals surface area contributed by atoms with Crippen LogP contribution >= 0.6 is 11.6 Å². The van der Waals surface area contributed by atoms with Crippen molar-refractivity contribution in [3.63, 3.8) is 0 Å². The van der Waals surface area contributed by atoms with E-state index in [1.807, 2.05) is 0 Å². The fourth-order valence-corrected chi connectivity index (χ4v) is 1.61. The van der Waals surface area contributed by atoms with Gasteiger partial charge in [0.2, 0.25) is 5.82 Å². The molecular formula is C10H14ClN3O4S. The summed E-state index contributed by atoms with van der Waals surface area (Å²) >= 11 is 5.67. The van der Waals surface area contributed by atoms with Crippen LogP contribution in [0.15, 0.2) is 12.1 Å². The van der Waals surface area contributed by atoms with Crippen LogP contribution in [0.2, 0.25) is 5.15 Å². The van der Waals surface area contributed by atoms with E-state index in [0.717, 1.165) is 6.26 Å². The number of aromatic nitrogens is 1. The van der Waals surface area contributed by atoms with E-state index in [-0.39, 0.29) is 23.2 Å². The molecule has 9 heteroatoms. The van der Waals surface area contributed by atoms with Crippen molar-refractivity contribution in [2.24, 2.45) is 0 Å². The Hall–Kier alpha value is -1.41. The number of nitrogens with zero attached hydrogens (tertiary/aromatic N) is 2. The number of hydrogen-bond acceptors (Lipinski definition) is 6. The van der Waals surface area contributed by atoms with E-state index in [1.54, 1.807) is 0 Å². The van der Waals surface area contributed by atoms with Gasteiger partial charge in [-0.15, -0.1) is 0 Å². The largest absolute Gasteiger partial charge is 0.363 e. The topological polar surface area (TPSA) is 102 Å². The van der Waals surface area contributed by atoms with Gasteiger partial charge in [-0.2, -0.15) is 0 Å². The molecule has 1 aromatic rings. The SMILES string of the molecule is CC(C)(CNc1nc(Cl)ccc1[N+](=O)[O-])S(C)(=O)=O. The summed E-state index contributed by atoms with van der Waals surface area (Å²) in [5.74, 6) is -0.0470. The van der Waals surface area contributed by atoms with Crippen LogP contribution in [0.5, 0.6) is 0 Å². The van der Waals surface area contributed by atoms with Crippen molar-refractivity contribution >= 4 is 32.9 Å². The summed E-state index contributed by atoms with van der Waals surface area (Å²) in [6, 6.07) is 2.51. The summed E-state index contributed by atoms with van der Waals surface area (Å²) in [5.41, 5.74) is -0.256. The maximum Gasteiger partial charge on any atom is 0.311 e. The Morgan fingerprint density at radius 1 is 1.47 bits per heavy atom. The molecule has 0 saturated carbocycles. The number of sulfone groups is 1. The summed E-state index contributed by atoms with van der Waals surface area (Å²) in [7, 11) is -3.31. The fourth-order valence-electron chi connectivity index (χ4n) is 1.13. The number of pyridine rings is 1. The van der Waals surface area contributed by atoms with Crippen molar-refractivity contribution in [2.45, 2.75) is 18.6 Å². The first-order valence-electron chi connectivity index (χ1n) is 5.29. The molecule has 0 aliphatic carbocycles. The molecule has 7 nitrogen and oxygen atoms in total. The monoisotopic (exact) mass is 307 g/mol. The van der Waals surface area contributed by atoms with Gasteiger partial charge in [-0.1, -0.05) is 11.6 Å². The minimum absolute atomic E-state index is 0.0139. The average molecular weight is 308 g/mol. The minimum atomic E-state index is -3.31. The Morgan fingerprint density at radius 3 is 2.53 bits per heavy atom. The first kappa shape index (κ1) is 15.6. The molecule has 0 aliphatic rings. The van der Waals surface area contributed by atoms with E-state index in [2.05, 4.69) is 10.3 Å². The highest BCUT2D eigenvalue weighted by Crippen LogP contribution is 2.25. The molecule has 1 rings (SSSR count). The van der Waals surface area contributed by atoms with Crippen LogP contribution in [0, 0.1) is 10.1 Å². The lowest BCUT2D eigenvalue weighted by molar-refractivity contribution is -0.384. The normalized spacial score (nSPS) is 12.2. The maximum atomic E-state index is 11.5. The lowest BCUT2D eigenvalue weighted by atomic mass is 10.2. The van der Waals surface area contributed by atoms with Gasteiger partial charge in [-0.3, -0.25) is 10.1 Å². The number of nitrogens with one attached hydrogen (secondary N) is 1. The summed E-state index contributed by atoms with van der Waals surface area (Å²) in [6.45, 7) is 3.03. The van der Waals surface area contributed by atoms with Gasteiger partial charge in [0.25, 0.3) is 0 Å². The van der Waals surface area contributed by atoms with Gasteiger partial charge in [0, 0.05) is 18.9 Å². The van der Waals surface area contributed by atoms with Crippen molar-refractivity contribution < 1.29 is 13.3 Å². The Labute approximate surface area is 116 Å². The maximum absolute atomic E-state index is 11.5. The highest BCUT2D eigenvalue weighted by molar-refractivity contribution is 7.92. The van der Waals surface area contributed by atoms with Crippen LogP contribution in [0.4, 0.5) is 11.5 Å². The second-order valence-corrected chi connectivity index (χ2v) is 7.68. The lowest BCUT2D eigenvalue weighted by Crippen LogP contribution is -2.38. The summed E-state index contributed by atoms with van der Waals surface area (Å²) in [5, 5.41) is 13.6. The molecule has 0 fully saturated rings. The highest BCUT2D eigenvalue weighted by Gasteiger charge is 2.31. The summed E-state index contributed by atoms with van der Waals surface area (Å²) in [4.78, 5) is 14.0. The van der Waals surface area contributed by atoms with Crippen LogP contribution in [-0.4, -0.2) is 35.9 Å². The molecule has 0 unspecified atom stereocenters. The third-order valence-electron chi connectivity index (χ3n) is 2.72. The molecule has 0 aromatic carbocycles. The Bertz CT molecular complexity index is 601. The third-order valence-corrected chi connectivity index (χ3v) is 5.08. The Balaban J connectivity index is 3.01. The van der Waals surface area contributed by atoms with Crippen LogP contribution in [0.25, 0.3) is 0 Å². The molecule has 19 heavy (non-hydrogen) atoms. The van der Waals surface area contributed by atoms with Crippen molar-refractivity contribution in [3.8, 4) is 0 Å². The molecule has 0 amide bonds. The minimum Gasteiger partial charge on any atom is -0.363 e. The zero-order valence-electron chi connectivity index (χ0n) is 10.7. The Kier molecular flexibility index (Phi) is 4.36. The second kappa shape index (κ2) is 5.30. The number of halogens is 1. The van der Waals surface area contributed by atoms with Crippen LogP contribution < -0.4 is 5.32 Å². The molecule has 106 valence electrons. The summed E-state index contributed by atoms with van der Waals surface area (Å²) < 4.78 is 22.0. The first-order valence-corrected chi connectivity index (χ1v) is 7.56. The molecule has 1 N–H and O–H groups in total. The van der Waals surface area contributed by atoms with Crippen molar-refractivity contribution in [3.05, 3.63) is 27.4 Å². The summed E-state index contributed by atoms with van der Waals surface area (Å²) in [6.07, 6.45) is 1.11. The standard InChI is InChI=1S/C10H14ClN3O4S/c1-10(2,19(3,17)18)6-12-9-7(14(15)16)4-5-8(11)13-9/h4-5H,6H2,1-3H3,(H,12,13). The average Bonchev–Trinajstić information content (AvgIpc) is 2.24. The molecule has 1 aromatic heterocycles. The zero-order valence-corrected chi connectivity index (χ0v) is 12.2. The van der Waals surface area contributed by atoms with Crippen LogP contribution in [-0.2, 0) is 9.84 Å². The molecule has 0 saturated heterocycles. The predicted molar refractivity (Wildman–Crippen MR) is 73.3 cm³/mol. The van der Waals surface area contributed by atoms with Crippen molar-refractivity contribution in [1.82, 2.24) is 4.98 Å². The predicted octanol–water partition coefficient (Wildman–Crippen LogP) is 1.88. The van der Waals surface area contributed by atoms with E-state index in [4.69, 9.17) is 11.6 Å². The first-order chi connectivity index (χ1) is 8.54. The smallest absolute Gasteiger partial charge is 0.311 e. The van der Waals surface area contributed by atoms with E-state index >= 15 is 0 Å². The van der Waals surface area contributed by atoms with Gasteiger partial charge >= 0.3 is 5.69 Å². The quantitative estimate of drug-likeness (QED) is 0.506. The van der Waals surface area contributed by atoms with E-state index in [9.17, 15) is 18.5 Å². The zero-order chi connectivity index (χ0) is 14.8. The second-order valence-electron chi connectivity index (χ2n) is 4.64. The van der Waals surface area contributed by atoms with Gasteiger partial charge in [0.1, 0.15) is 5.15 Å². The molecule has 0 bridgehead atoms. The van der Waals surface area contributed by atoms with E-state index < -0.39 is 19.5 Å². The van der Waals surface area contributed by atoms with Gasteiger partial charge in [0.05, 0.1) is 9.67 Å². The molecule has 0 aliphatic heterocycles. The van der Waals surface area contributed by atoms with Crippen molar-refractivity contribution in [1.29, 1.82) is 0 Å². The molecule has 0 spiro atoms. The van der Waals surface area contributed by atoms with Gasteiger partial charge in [-0.05, 0) is 19.9 Å². The number of nitro groups is 1. The molecule has 1 heterocycles. The highest BCUT2D eigenvalue weighted by atomic mass is 35.5. The van der Waals surface area contributed by atoms with Crippen LogP contribution in [0.1, 0.15) is 13.8 Å². The van der Waals surface area contributed by atoms with E-state index in [0.29, 0.717) is 0 Å². The molecule has 0 atom stereocenters. The van der Waals surface area contributed by atoms with Gasteiger partial charge in [0.15, 0.2) is 9.84 Å². The number of hydrogen-bond donors (Lipinski definition) is 1. The Morgan fingerprint density at radius 2 is 2.05 bits per heavy atom. The van der Waals surface area contributed by atoms with Crippen molar-refractivity contribution in [2.75, 3.05) is 18.1 Å². The lowest BCUT2D eigenvalue weighted by Gasteiger charge is -2.22. The number of anilines is 1.